The molecular weight excluding hydrogens is 554 g/mol. The van der Waals surface area contributed by atoms with Crippen molar-refractivity contribution in [2.45, 2.75) is 56.3 Å². The van der Waals surface area contributed by atoms with Crippen molar-refractivity contribution in [3.05, 3.63) is 54.2 Å². The number of amides is 3. The molecule has 0 aliphatic carbocycles. The Bertz CT molecular complexity index is 1440. The van der Waals surface area contributed by atoms with Gasteiger partial charge in [-0.25, -0.2) is 9.78 Å². The Morgan fingerprint density at radius 1 is 0.833 bits per heavy atom. The topological polar surface area (TPSA) is 270 Å². The van der Waals surface area contributed by atoms with Crippen LogP contribution in [0.4, 0.5) is 0 Å². The van der Waals surface area contributed by atoms with E-state index in [1.54, 1.807) is 18.3 Å². The zero-order valence-corrected chi connectivity index (χ0v) is 22.2. The van der Waals surface area contributed by atoms with Crippen LogP contribution in [-0.4, -0.2) is 90.1 Å². The number of benzene rings is 1. The van der Waals surface area contributed by atoms with E-state index in [4.69, 9.17) is 15.9 Å². The van der Waals surface area contributed by atoms with E-state index in [9.17, 15) is 33.9 Å². The van der Waals surface area contributed by atoms with Gasteiger partial charge >= 0.3 is 17.9 Å². The average Bonchev–Trinajstić information content (AvgIpc) is 3.59. The number of rotatable bonds is 16. The minimum atomic E-state index is -1.52. The maximum Gasteiger partial charge on any atom is 0.326 e. The molecule has 0 fully saturated rings. The number of aromatic nitrogens is 3. The molecule has 0 aliphatic heterocycles. The lowest BCUT2D eigenvalue weighted by Crippen LogP contribution is -2.58. The second-order valence-electron chi connectivity index (χ2n) is 9.50. The van der Waals surface area contributed by atoms with Gasteiger partial charge in [0.2, 0.25) is 17.7 Å². The maximum atomic E-state index is 13.4. The van der Waals surface area contributed by atoms with Crippen LogP contribution in [0.25, 0.3) is 10.9 Å². The van der Waals surface area contributed by atoms with Gasteiger partial charge in [0, 0.05) is 48.3 Å². The third-order valence-electron chi connectivity index (χ3n) is 6.34. The molecule has 16 nitrogen and oxygen atoms in total. The van der Waals surface area contributed by atoms with Crippen molar-refractivity contribution in [1.29, 1.82) is 0 Å². The summed E-state index contributed by atoms with van der Waals surface area (Å²) in [6, 6.07) is 1.45. The van der Waals surface area contributed by atoms with Gasteiger partial charge in [0.1, 0.15) is 18.1 Å². The molecule has 0 saturated carbocycles. The quantitative estimate of drug-likeness (QED) is 0.0971. The zero-order chi connectivity index (χ0) is 30.8. The number of aliphatic carboxylic acids is 3. The fourth-order valence-corrected chi connectivity index (χ4v) is 4.19. The Morgan fingerprint density at radius 3 is 2.14 bits per heavy atom. The SMILES string of the molecule is NC(CC(=O)O)C(=O)NC(CCC(=O)O)C(=O)NC(Cc1cnc[nH]1)C(=O)NC(Cc1c[nH]c2ccccc12)C(=O)O. The second-order valence-corrected chi connectivity index (χ2v) is 9.50. The summed E-state index contributed by atoms with van der Waals surface area (Å²) in [6.07, 6.45) is 2.45. The summed E-state index contributed by atoms with van der Waals surface area (Å²) >= 11 is 0. The highest BCUT2D eigenvalue weighted by molar-refractivity contribution is 5.95. The van der Waals surface area contributed by atoms with E-state index in [0.717, 1.165) is 10.9 Å². The standard InChI is InChI=1S/C26H31N7O9/c27-16(9-22(36)37)23(38)31-18(5-6-21(34)35)24(39)32-19(8-14-11-28-12-30-14)25(40)33-20(26(41)42)7-13-10-29-17-4-2-1-3-15(13)17/h1-4,10-12,16,18-20,29H,5-9,27H2,(H,28,30)(H,31,38)(H,32,39)(H,33,40)(H,34,35)(H,36,37)(H,41,42). The average molecular weight is 586 g/mol. The molecule has 3 aromatic rings. The molecule has 0 radical (unpaired) electrons. The summed E-state index contributed by atoms with van der Waals surface area (Å²) in [5.41, 5.74) is 7.40. The highest BCUT2D eigenvalue weighted by Crippen LogP contribution is 2.19. The minimum Gasteiger partial charge on any atom is -0.481 e. The number of carboxylic acid groups (broad SMARTS) is 3. The van der Waals surface area contributed by atoms with Gasteiger partial charge in [-0.05, 0) is 18.1 Å². The molecule has 224 valence electrons. The number of nitrogens with two attached hydrogens (primary N) is 1. The highest BCUT2D eigenvalue weighted by atomic mass is 16.4. The number of imidazole rings is 1. The first-order valence-electron chi connectivity index (χ1n) is 12.8. The van der Waals surface area contributed by atoms with Crippen molar-refractivity contribution in [2.75, 3.05) is 0 Å². The van der Waals surface area contributed by atoms with Gasteiger partial charge in [-0.1, -0.05) is 18.2 Å². The Labute approximate surface area is 238 Å². The van der Waals surface area contributed by atoms with Gasteiger partial charge in [0.25, 0.3) is 0 Å². The predicted molar refractivity (Wildman–Crippen MR) is 145 cm³/mol. The van der Waals surface area contributed by atoms with Crippen molar-refractivity contribution < 1.29 is 44.1 Å². The number of carbonyl (C=O) groups is 6. The molecule has 1 aromatic carbocycles. The molecule has 16 heteroatoms. The number of hydrogen-bond acceptors (Lipinski definition) is 8. The molecule has 10 N–H and O–H groups in total. The Hall–Kier alpha value is -5.25. The summed E-state index contributed by atoms with van der Waals surface area (Å²) in [7, 11) is 0. The first kappa shape index (κ1) is 31.3. The van der Waals surface area contributed by atoms with Gasteiger partial charge in [0.05, 0.1) is 18.8 Å². The first-order valence-corrected chi connectivity index (χ1v) is 12.8. The number of H-pyrrole nitrogens is 2. The molecule has 0 spiro atoms. The van der Waals surface area contributed by atoms with E-state index in [1.807, 2.05) is 12.1 Å². The minimum absolute atomic E-state index is 0.0748. The van der Waals surface area contributed by atoms with E-state index in [1.165, 1.54) is 12.5 Å². The predicted octanol–water partition coefficient (Wildman–Crippen LogP) is -1.12. The molecule has 3 rings (SSSR count). The number of fused-ring (bicyclic) bond motifs is 1. The van der Waals surface area contributed by atoms with Gasteiger partial charge in [0.15, 0.2) is 0 Å². The molecule has 2 heterocycles. The lowest BCUT2D eigenvalue weighted by molar-refractivity contribution is -0.142. The van der Waals surface area contributed by atoms with Crippen molar-refractivity contribution in [1.82, 2.24) is 30.9 Å². The number of carboxylic acids is 3. The second kappa shape index (κ2) is 14.4. The van der Waals surface area contributed by atoms with Gasteiger partial charge in [-0.2, -0.15) is 0 Å². The van der Waals surface area contributed by atoms with E-state index >= 15 is 0 Å². The summed E-state index contributed by atoms with van der Waals surface area (Å²) in [5.74, 6) is -6.79. The van der Waals surface area contributed by atoms with Crippen LogP contribution in [-0.2, 0) is 41.6 Å². The van der Waals surface area contributed by atoms with Crippen LogP contribution in [0.5, 0.6) is 0 Å². The van der Waals surface area contributed by atoms with Crippen molar-refractivity contribution in [3.8, 4) is 0 Å². The van der Waals surface area contributed by atoms with Crippen molar-refractivity contribution in [2.24, 2.45) is 5.73 Å². The van der Waals surface area contributed by atoms with Crippen LogP contribution in [0.15, 0.2) is 43.0 Å². The van der Waals surface area contributed by atoms with Crippen LogP contribution in [0, 0.1) is 0 Å². The van der Waals surface area contributed by atoms with E-state index in [-0.39, 0.29) is 12.8 Å². The van der Waals surface area contributed by atoms with Crippen LogP contribution in [0.2, 0.25) is 0 Å². The molecule has 3 amide bonds. The molecule has 0 aliphatic rings. The molecule has 2 aromatic heterocycles. The Kier molecular flexibility index (Phi) is 10.7. The van der Waals surface area contributed by atoms with E-state index in [0.29, 0.717) is 11.3 Å². The monoisotopic (exact) mass is 585 g/mol. The highest BCUT2D eigenvalue weighted by Gasteiger charge is 2.31. The van der Waals surface area contributed by atoms with Crippen molar-refractivity contribution in [3.63, 3.8) is 0 Å². The summed E-state index contributed by atoms with van der Waals surface area (Å²) in [5, 5.41) is 35.7. The number of carbonyl (C=O) groups excluding carboxylic acids is 3. The van der Waals surface area contributed by atoms with Crippen LogP contribution >= 0.6 is 0 Å². The van der Waals surface area contributed by atoms with Crippen molar-refractivity contribution >= 4 is 46.5 Å². The largest absolute Gasteiger partial charge is 0.481 e. The normalized spacial score (nSPS) is 13.8. The van der Waals surface area contributed by atoms with Gasteiger partial charge in [-0.15, -0.1) is 0 Å². The maximum absolute atomic E-state index is 13.4. The number of para-hydroxylation sites is 1. The Balaban J connectivity index is 1.79. The fraction of sp³-hybridized carbons (Fsp3) is 0.346. The molecule has 4 atom stereocenters. The van der Waals surface area contributed by atoms with Crippen LogP contribution in [0.3, 0.4) is 0 Å². The molecule has 0 saturated heterocycles. The zero-order valence-electron chi connectivity index (χ0n) is 22.2. The van der Waals surface area contributed by atoms with Crippen LogP contribution < -0.4 is 21.7 Å². The van der Waals surface area contributed by atoms with E-state index in [2.05, 4.69) is 30.9 Å². The first-order chi connectivity index (χ1) is 19.9. The number of nitrogens with zero attached hydrogens (tertiary/aromatic N) is 1. The smallest absolute Gasteiger partial charge is 0.326 e. The number of nitrogens with one attached hydrogen (secondary N) is 5. The molecular formula is C26H31N7O9. The summed E-state index contributed by atoms with van der Waals surface area (Å²) in [4.78, 5) is 82.8. The van der Waals surface area contributed by atoms with Gasteiger partial charge < -0.3 is 47.0 Å². The lowest BCUT2D eigenvalue weighted by atomic mass is 10.0. The summed E-state index contributed by atoms with van der Waals surface area (Å²) < 4.78 is 0. The third-order valence-corrected chi connectivity index (χ3v) is 6.34. The summed E-state index contributed by atoms with van der Waals surface area (Å²) in [6.45, 7) is 0. The third kappa shape index (κ3) is 8.88. The number of hydrogen-bond donors (Lipinski definition) is 9. The molecule has 42 heavy (non-hydrogen) atoms. The van der Waals surface area contributed by atoms with Crippen LogP contribution in [0.1, 0.15) is 30.5 Å². The molecule has 0 bridgehead atoms. The lowest BCUT2D eigenvalue weighted by Gasteiger charge is -2.25. The number of aromatic amines is 2. The Morgan fingerprint density at radius 2 is 1.50 bits per heavy atom. The van der Waals surface area contributed by atoms with Gasteiger partial charge in [-0.3, -0.25) is 24.0 Å². The molecule has 4 unspecified atom stereocenters. The fourth-order valence-electron chi connectivity index (χ4n) is 4.19. The van der Waals surface area contributed by atoms with E-state index < -0.39 is 79.1 Å².